The zero-order chi connectivity index (χ0) is 14.7. The van der Waals surface area contributed by atoms with Crippen molar-refractivity contribution in [2.45, 2.75) is 26.8 Å². The van der Waals surface area contributed by atoms with Gasteiger partial charge in [0.1, 0.15) is 5.69 Å². The molecule has 0 saturated heterocycles. The van der Waals surface area contributed by atoms with Gasteiger partial charge in [0.05, 0.1) is 6.54 Å². The van der Waals surface area contributed by atoms with Gasteiger partial charge in [-0.2, -0.15) is 4.98 Å². The number of aromatic nitrogens is 3. The molecule has 2 heterocycles. The molecule has 20 heavy (non-hydrogen) atoms. The standard InChI is InChI=1S/C12H17N5O2S/c1-7(2)4-10-15-9(16-19-10)5-17(3)12-14-8(6-20-12)11(13)18/h6-7H,4-5H2,1-3H3,(H2,13,18). The number of amides is 1. The Hall–Kier alpha value is -1.96. The lowest BCUT2D eigenvalue weighted by Crippen LogP contribution is -2.18. The number of carbonyl (C=O) groups excluding carboxylic acids is 1. The molecule has 0 saturated carbocycles. The van der Waals surface area contributed by atoms with Crippen molar-refractivity contribution in [3.8, 4) is 0 Å². The molecule has 0 atom stereocenters. The second kappa shape index (κ2) is 6.00. The molecule has 0 bridgehead atoms. The van der Waals surface area contributed by atoms with Gasteiger partial charge in [0.15, 0.2) is 11.0 Å². The van der Waals surface area contributed by atoms with E-state index < -0.39 is 5.91 Å². The van der Waals surface area contributed by atoms with Crippen LogP contribution in [-0.2, 0) is 13.0 Å². The summed E-state index contributed by atoms with van der Waals surface area (Å²) in [5, 5.41) is 6.26. The largest absolute Gasteiger partial charge is 0.364 e. The summed E-state index contributed by atoms with van der Waals surface area (Å²) in [6, 6.07) is 0. The minimum Gasteiger partial charge on any atom is -0.364 e. The molecule has 0 unspecified atom stereocenters. The number of primary amides is 1. The van der Waals surface area contributed by atoms with Gasteiger partial charge >= 0.3 is 0 Å². The highest BCUT2D eigenvalue weighted by Crippen LogP contribution is 2.20. The molecule has 0 radical (unpaired) electrons. The Morgan fingerprint density at radius 1 is 1.50 bits per heavy atom. The second-order valence-corrected chi connectivity index (χ2v) is 5.77. The van der Waals surface area contributed by atoms with E-state index in [1.165, 1.54) is 11.3 Å². The Bertz CT molecular complexity index is 592. The molecule has 0 aliphatic rings. The molecule has 0 fully saturated rings. The fourth-order valence-electron chi connectivity index (χ4n) is 1.62. The number of nitrogens with zero attached hydrogens (tertiary/aromatic N) is 4. The van der Waals surface area contributed by atoms with Crippen molar-refractivity contribution in [3.63, 3.8) is 0 Å². The second-order valence-electron chi connectivity index (χ2n) is 4.94. The van der Waals surface area contributed by atoms with E-state index in [-0.39, 0.29) is 5.69 Å². The monoisotopic (exact) mass is 295 g/mol. The molecule has 0 spiro atoms. The van der Waals surface area contributed by atoms with E-state index in [1.807, 2.05) is 11.9 Å². The number of carbonyl (C=O) groups is 1. The maximum atomic E-state index is 11.0. The number of anilines is 1. The van der Waals surface area contributed by atoms with Crippen LogP contribution < -0.4 is 10.6 Å². The van der Waals surface area contributed by atoms with E-state index in [0.29, 0.717) is 29.3 Å². The first-order chi connectivity index (χ1) is 9.45. The zero-order valence-corrected chi connectivity index (χ0v) is 12.5. The highest BCUT2D eigenvalue weighted by atomic mass is 32.1. The van der Waals surface area contributed by atoms with E-state index >= 15 is 0 Å². The maximum Gasteiger partial charge on any atom is 0.268 e. The summed E-state index contributed by atoms with van der Waals surface area (Å²) in [7, 11) is 1.85. The van der Waals surface area contributed by atoms with Gasteiger partial charge in [-0.05, 0) is 5.92 Å². The zero-order valence-electron chi connectivity index (χ0n) is 11.7. The fourth-order valence-corrected chi connectivity index (χ4v) is 2.40. The summed E-state index contributed by atoms with van der Waals surface area (Å²) < 4.78 is 5.18. The van der Waals surface area contributed by atoms with E-state index in [0.717, 1.165) is 6.42 Å². The fraction of sp³-hybridized carbons (Fsp3) is 0.500. The van der Waals surface area contributed by atoms with Crippen LogP contribution in [0.2, 0.25) is 0 Å². The topological polar surface area (TPSA) is 98.1 Å². The molecule has 0 aromatic carbocycles. The summed E-state index contributed by atoms with van der Waals surface area (Å²) in [6.45, 7) is 4.65. The first-order valence-corrected chi connectivity index (χ1v) is 7.11. The molecule has 2 N–H and O–H groups in total. The van der Waals surface area contributed by atoms with Gasteiger partial charge in [0.25, 0.3) is 5.91 Å². The predicted octanol–water partition coefficient (Wildman–Crippen LogP) is 1.46. The minimum absolute atomic E-state index is 0.269. The summed E-state index contributed by atoms with van der Waals surface area (Å²) in [6.07, 6.45) is 0.764. The van der Waals surface area contributed by atoms with Crippen molar-refractivity contribution in [2.75, 3.05) is 11.9 Å². The lowest BCUT2D eigenvalue weighted by atomic mass is 10.1. The molecule has 8 heteroatoms. The predicted molar refractivity (Wildman–Crippen MR) is 75.6 cm³/mol. The number of thiazole rings is 1. The number of nitrogens with two attached hydrogens (primary N) is 1. The number of rotatable bonds is 6. The highest BCUT2D eigenvalue weighted by molar-refractivity contribution is 7.13. The smallest absolute Gasteiger partial charge is 0.268 e. The SMILES string of the molecule is CC(C)Cc1nc(CN(C)c2nc(C(N)=O)cs2)no1. The van der Waals surface area contributed by atoms with E-state index in [2.05, 4.69) is 29.0 Å². The Balaban J connectivity index is 2.01. The van der Waals surface area contributed by atoms with Gasteiger partial charge in [-0.15, -0.1) is 11.3 Å². The molecule has 108 valence electrons. The molecular weight excluding hydrogens is 278 g/mol. The Labute approximate surface area is 120 Å². The van der Waals surface area contributed by atoms with Gasteiger partial charge in [-0.3, -0.25) is 4.79 Å². The molecule has 2 aromatic rings. The number of hydrogen-bond donors (Lipinski definition) is 1. The van der Waals surface area contributed by atoms with Crippen LogP contribution in [0.15, 0.2) is 9.90 Å². The summed E-state index contributed by atoms with van der Waals surface area (Å²) in [5.74, 6) is 1.18. The lowest BCUT2D eigenvalue weighted by Gasteiger charge is -2.12. The van der Waals surface area contributed by atoms with Crippen LogP contribution in [0.25, 0.3) is 0 Å². The van der Waals surface area contributed by atoms with E-state index in [4.69, 9.17) is 10.3 Å². The maximum absolute atomic E-state index is 11.0. The third kappa shape index (κ3) is 3.53. The van der Waals surface area contributed by atoms with Crippen molar-refractivity contribution in [3.05, 3.63) is 22.8 Å². The molecule has 0 aliphatic heterocycles. The van der Waals surface area contributed by atoms with Gasteiger partial charge in [0, 0.05) is 18.8 Å². The van der Waals surface area contributed by atoms with Crippen molar-refractivity contribution >= 4 is 22.4 Å². The van der Waals surface area contributed by atoms with Crippen LogP contribution in [0.3, 0.4) is 0 Å². The quantitative estimate of drug-likeness (QED) is 0.866. The van der Waals surface area contributed by atoms with Gasteiger partial charge in [-0.25, -0.2) is 4.98 Å². The molecular formula is C12H17N5O2S. The van der Waals surface area contributed by atoms with Gasteiger partial charge in [-0.1, -0.05) is 19.0 Å². The number of hydrogen-bond acceptors (Lipinski definition) is 7. The van der Waals surface area contributed by atoms with Crippen LogP contribution in [0.5, 0.6) is 0 Å². The van der Waals surface area contributed by atoms with Crippen molar-refractivity contribution in [1.82, 2.24) is 15.1 Å². The van der Waals surface area contributed by atoms with Gasteiger partial charge < -0.3 is 15.2 Å². The summed E-state index contributed by atoms with van der Waals surface area (Å²) in [5.41, 5.74) is 5.45. The third-order valence-electron chi connectivity index (χ3n) is 2.54. The first-order valence-electron chi connectivity index (χ1n) is 6.23. The molecule has 2 rings (SSSR count). The minimum atomic E-state index is -0.528. The van der Waals surface area contributed by atoms with Crippen LogP contribution in [0.1, 0.15) is 36.1 Å². The third-order valence-corrected chi connectivity index (χ3v) is 3.50. The summed E-state index contributed by atoms with van der Waals surface area (Å²) in [4.78, 5) is 21.3. The van der Waals surface area contributed by atoms with Gasteiger partial charge in [0.2, 0.25) is 5.89 Å². The van der Waals surface area contributed by atoms with Crippen molar-refractivity contribution in [2.24, 2.45) is 11.7 Å². The molecule has 0 aliphatic carbocycles. The summed E-state index contributed by atoms with van der Waals surface area (Å²) >= 11 is 1.35. The van der Waals surface area contributed by atoms with E-state index in [9.17, 15) is 4.79 Å². The Kier molecular flexibility index (Phi) is 4.33. The lowest BCUT2D eigenvalue weighted by molar-refractivity contribution is 0.0996. The van der Waals surface area contributed by atoms with Crippen LogP contribution in [-0.4, -0.2) is 28.1 Å². The average Bonchev–Trinajstić information content (AvgIpc) is 2.97. The molecule has 1 amide bonds. The normalized spacial score (nSPS) is 11.0. The molecule has 7 nitrogen and oxygen atoms in total. The average molecular weight is 295 g/mol. The van der Waals surface area contributed by atoms with E-state index in [1.54, 1.807) is 5.38 Å². The Morgan fingerprint density at radius 3 is 2.85 bits per heavy atom. The Morgan fingerprint density at radius 2 is 2.25 bits per heavy atom. The van der Waals surface area contributed by atoms with Crippen LogP contribution >= 0.6 is 11.3 Å². The molecule has 2 aromatic heterocycles. The van der Waals surface area contributed by atoms with Crippen molar-refractivity contribution in [1.29, 1.82) is 0 Å². The van der Waals surface area contributed by atoms with Crippen LogP contribution in [0, 0.1) is 5.92 Å². The van der Waals surface area contributed by atoms with Crippen molar-refractivity contribution < 1.29 is 9.32 Å². The highest BCUT2D eigenvalue weighted by Gasteiger charge is 2.14. The van der Waals surface area contributed by atoms with Crippen LogP contribution in [0.4, 0.5) is 5.13 Å². The first kappa shape index (κ1) is 14.4.